The van der Waals surface area contributed by atoms with Crippen molar-refractivity contribution in [1.29, 1.82) is 0 Å². The third-order valence-electron chi connectivity index (χ3n) is 4.10. The summed E-state index contributed by atoms with van der Waals surface area (Å²) in [5.74, 6) is -1.30. The van der Waals surface area contributed by atoms with Gasteiger partial charge in [-0.1, -0.05) is 36.4 Å². The highest BCUT2D eigenvalue weighted by Crippen LogP contribution is 2.38. The molecule has 1 unspecified atom stereocenters. The lowest BCUT2D eigenvalue weighted by atomic mass is 9.90. The van der Waals surface area contributed by atoms with Gasteiger partial charge in [-0.05, 0) is 29.8 Å². The Kier molecular flexibility index (Phi) is 4.41. The predicted molar refractivity (Wildman–Crippen MR) is 89.1 cm³/mol. The van der Waals surface area contributed by atoms with Crippen molar-refractivity contribution in [2.24, 2.45) is 0 Å². The molecule has 1 atom stereocenters. The number of hydrogen-bond donors (Lipinski definition) is 2. The molecular formula is C19H14F3NO3. The fourth-order valence-corrected chi connectivity index (χ4v) is 2.80. The van der Waals surface area contributed by atoms with Gasteiger partial charge in [-0.3, -0.25) is 9.59 Å². The van der Waals surface area contributed by atoms with Crippen LogP contribution in [0.4, 0.5) is 18.9 Å². The number of carbonyl (C=O) groups is 2. The van der Waals surface area contributed by atoms with Crippen molar-refractivity contribution in [3.8, 4) is 0 Å². The third-order valence-corrected chi connectivity index (χ3v) is 4.10. The minimum absolute atomic E-state index is 0.191. The zero-order valence-electron chi connectivity index (χ0n) is 13.4. The lowest BCUT2D eigenvalue weighted by Gasteiger charge is -2.19. The summed E-state index contributed by atoms with van der Waals surface area (Å²) in [5.41, 5.74) is -1.90. The van der Waals surface area contributed by atoms with Crippen LogP contribution in [0.3, 0.4) is 0 Å². The van der Waals surface area contributed by atoms with Crippen molar-refractivity contribution >= 4 is 23.5 Å². The summed E-state index contributed by atoms with van der Waals surface area (Å²) in [7, 11) is 0. The number of fused-ring (bicyclic) bond motifs is 1. The molecule has 1 aliphatic heterocycles. The molecular weight excluding hydrogens is 347 g/mol. The topological polar surface area (TPSA) is 66.4 Å². The van der Waals surface area contributed by atoms with E-state index >= 15 is 0 Å². The van der Waals surface area contributed by atoms with Gasteiger partial charge in [0.05, 0.1) is 12.0 Å². The number of amides is 1. The van der Waals surface area contributed by atoms with E-state index in [4.69, 9.17) is 0 Å². The highest BCUT2D eigenvalue weighted by Gasteiger charge is 2.46. The summed E-state index contributed by atoms with van der Waals surface area (Å²) in [6.45, 7) is 0. The van der Waals surface area contributed by atoms with E-state index in [1.54, 1.807) is 18.2 Å². The Morgan fingerprint density at radius 3 is 2.62 bits per heavy atom. The molecule has 2 aromatic rings. The van der Waals surface area contributed by atoms with Crippen LogP contribution in [0, 0.1) is 0 Å². The average Bonchev–Trinajstić information content (AvgIpc) is 2.83. The number of para-hydroxylation sites is 1. The van der Waals surface area contributed by atoms with Crippen molar-refractivity contribution in [2.45, 2.75) is 18.2 Å². The van der Waals surface area contributed by atoms with Crippen molar-refractivity contribution in [2.75, 3.05) is 5.32 Å². The molecule has 4 nitrogen and oxygen atoms in total. The number of carbonyl (C=O) groups excluding carboxylic acids is 2. The number of benzene rings is 2. The van der Waals surface area contributed by atoms with Crippen LogP contribution in [0.1, 0.15) is 23.1 Å². The normalized spacial score (nSPS) is 19.5. The summed E-state index contributed by atoms with van der Waals surface area (Å²) >= 11 is 0. The quantitative estimate of drug-likeness (QED) is 0.819. The number of ketones is 1. The van der Waals surface area contributed by atoms with Gasteiger partial charge in [-0.15, -0.1) is 0 Å². The van der Waals surface area contributed by atoms with Crippen LogP contribution >= 0.6 is 0 Å². The maximum Gasteiger partial charge on any atom is 0.416 e. The highest BCUT2D eigenvalue weighted by molar-refractivity contribution is 6.08. The van der Waals surface area contributed by atoms with Gasteiger partial charge in [0.1, 0.15) is 0 Å². The molecule has 3 rings (SSSR count). The molecule has 134 valence electrons. The Morgan fingerprint density at radius 1 is 1.15 bits per heavy atom. The molecule has 0 saturated heterocycles. The number of rotatable bonds is 4. The van der Waals surface area contributed by atoms with Crippen molar-refractivity contribution in [3.05, 3.63) is 71.3 Å². The van der Waals surface area contributed by atoms with Gasteiger partial charge >= 0.3 is 6.18 Å². The number of nitrogens with one attached hydrogen (secondary N) is 1. The average molecular weight is 361 g/mol. The van der Waals surface area contributed by atoms with Crippen LogP contribution in [-0.4, -0.2) is 16.8 Å². The second-order valence-electron chi connectivity index (χ2n) is 5.96. The van der Waals surface area contributed by atoms with Gasteiger partial charge in [0.25, 0.3) is 5.91 Å². The molecule has 0 bridgehead atoms. The van der Waals surface area contributed by atoms with Crippen LogP contribution in [0.2, 0.25) is 0 Å². The largest absolute Gasteiger partial charge is 0.416 e. The van der Waals surface area contributed by atoms with Crippen LogP contribution in [-0.2, 0) is 21.4 Å². The van der Waals surface area contributed by atoms with E-state index in [1.807, 2.05) is 0 Å². The van der Waals surface area contributed by atoms with Crippen LogP contribution in [0.5, 0.6) is 0 Å². The first-order valence-corrected chi connectivity index (χ1v) is 7.72. The van der Waals surface area contributed by atoms with Gasteiger partial charge in [0.15, 0.2) is 11.4 Å². The molecule has 0 aliphatic carbocycles. The number of alkyl halides is 3. The van der Waals surface area contributed by atoms with E-state index in [1.165, 1.54) is 24.3 Å². The molecule has 1 aliphatic rings. The Labute approximate surface area is 147 Å². The molecule has 0 radical (unpaired) electrons. The minimum atomic E-state index is -4.48. The van der Waals surface area contributed by atoms with Gasteiger partial charge in [0, 0.05) is 11.3 Å². The predicted octanol–water partition coefficient (Wildman–Crippen LogP) is 3.52. The standard InChI is InChI=1S/C19H14F3NO3/c20-19(21,22)13-5-3-4-12(10-13)8-9-14(24)11-18(26)15-6-1-2-7-16(15)23-17(18)25/h1-10,26H,11H2,(H,23,25)/b9-8+. The molecule has 0 fully saturated rings. The molecule has 2 aromatic carbocycles. The first-order chi connectivity index (χ1) is 12.2. The third kappa shape index (κ3) is 3.39. The van der Waals surface area contributed by atoms with E-state index in [0.29, 0.717) is 11.3 Å². The van der Waals surface area contributed by atoms with Crippen molar-refractivity contribution in [1.82, 2.24) is 0 Å². The second kappa shape index (κ2) is 6.42. The smallest absolute Gasteiger partial charge is 0.375 e. The van der Waals surface area contributed by atoms with E-state index in [0.717, 1.165) is 18.2 Å². The van der Waals surface area contributed by atoms with Gasteiger partial charge in [-0.2, -0.15) is 13.2 Å². The summed E-state index contributed by atoms with van der Waals surface area (Å²) in [4.78, 5) is 24.2. The van der Waals surface area contributed by atoms with Crippen LogP contribution < -0.4 is 5.32 Å². The number of halogens is 3. The van der Waals surface area contributed by atoms with Gasteiger partial charge in [0.2, 0.25) is 0 Å². The maximum atomic E-state index is 12.7. The Balaban J connectivity index is 1.77. The van der Waals surface area contributed by atoms with Crippen molar-refractivity contribution < 1.29 is 27.9 Å². The first-order valence-electron chi connectivity index (χ1n) is 7.72. The van der Waals surface area contributed by atoms with Crippen molar-refractivity contribution in [3.63, 3.8) is 0 Å². The fraction of sp³-hybridized carbons (Fsp3) is 0.158. The van der Waals surface area contributed by atoms with E-state index < -0.39 is 35.5 Å². The van der Waals surface area contributed by atoms with Gasteiger partial charge < -0.3 is 10.4 Å². The fourth-order valence-electron chi connectivity index (χ4n) is 2.80. The SMILES string of the molecule is O=C(/C=C/c1cccc(C(F)(F)F)c1)CC1(O)C(=O)Nc2ccccc21. The molecule has 1 amide bonds. The van der Waals surface area contributed by atoms with E-state index in [2.05, 4.69) is 5.32 Å². The molecule has 0 aromatic heterocycles. The van der Waals surface area contributed by atoms with E-state index in [9.17, 15) is 27.9 Å². The summed E-state index contributed by atoms with van der Waals surface area (Å²) < 4.78 is 38.1. The molecule has 0 saturated carbocycles. The summed E-state index contributed by atoms with van der Waals surface area (Å²) in [6.07, 6.45) is -2.71. The highest BCUT2D eigenvalue weighted by atomic mass is 19.4. The molecule has 26 heavy (non-hydrogen) atoms. The lowest BCUT2D eigenvalue weighted by Crippen LogP contribution is -2.36. The monoisotopic (exact) mass is 361 g/mol. The van der Waals surface area contributed by atoms with Crippen LogP contribution in [0.15, 0.2) is 54.6 Å². The summed E-state index contributed by atoms with van der Waals surface area (Å²) in [6, 6.07) is 11.0. The van der Waals surface area contributed by atoms with E-state index in [-0.39, 0.29) is 5.56 Å². The van der Waals surface area contributed by atoms with Gasteiger partial charge in [-0.25, -0.2) is 0 Å². The van der Waals surface area contributed by atoms with Crippen LogP contribution in [0.25, 0.3) is 6.08 Å². The number of aliphatic hydroxyl groups is 1. The number of hydrogen-bond acceptors (Lipinski definition) is 3. The Bertz CT molecular complexity index is 905. The zero-order chi connectivity index (χ0) is 18.9. The molecule has 1 heterocycles. The zero-order valence-corrected chi connectivity index (χ0v) is 13.4. The minimum Gasteiger partial charge on any atom is -0.375 e. The Morgan fingerprint density at radius 2 is 1.88 bits per heavy atom. The molecule has 0 spiro atoms. The maximum absolute atomic E-state index is 12.7. The lowest BCUT2D eigenvalue weighted by molar-refractivity contribution is -0.138. The summed E-state index contributed by atoms with van der Waals surface area (Å²) in [5, 5.41) is 13.1. The second-order valence-corrected chi connectivity index (χ2v) is 5.96. The Hall–Kier alpha value is -2.93. The number of allylic oxidation sites excluding steroid dienone is 1. The first kappa shape index (κ1) is 17.9. The number of anilines is 1. The molecule has 2 N–H and O–H groups in total. The molecule has 7 heteroatoms.